The third kappa shape index (κ3) is 3.49. The Morgan fingerprint density at radius 3 is 2.60 bits per heavy atom. The van der Waals surface area contributed by atoms with Crippen LogP contribution in [0.5, 0.6) is 0 Å². The largest absolute Gasteiger partial charge is 0.337 e. The fraction of sp³-hybridized carbons (Fsp3) is 0.238. The van der Waals surface area contributed by atoms with E-state index in [-0.39, 0.29) is 5.91 Å². The zero-order valence-corrected chi connectivity index (χ0v) is 15.0. The summed E-state index contributed by atoms with van der Waals surface area (Å²) >= 11 is 1.55. The van der Waals surface area contributed by atoms with Gasteiger partial charge in [0.05, 0.1) is 11.2 Å². The normalized spacial score (nSPS) is 13.6. The van der Waals surface area contributed by atoms with Crippen molar-refractivity contribution in [2.45, 2.75) is 25.3 Å². The average molecular weight is 348 g/mol. The highest BCUT2D eigenvalue weighted by Gasteiger charge is 2.28. The number of nitrogens with zero attached hydrogens (tertiary/aromatic N) is 2. The highest BCUT2D eigenvalue weighted by Crippen LogP contribution is 2.41. The van der Waals surface area contributed by atoms with Crippen LogP contribution in [0.3, 0.4) is 0 Å². The molecule has 3 aromatic rings. The minimum atomic E-state index is 0.0484. The van der Waals surface area contributed by atoms with Crippen molar-refractivity contribution < 1.29 is 4.79 Å². The van der Waals surface area contributed by atoms with E-state index >= 15 is 0 Å². The Morgan fingerprint density at radius 1 is 1.12 bits per heavy atom. The molecule has 0 atom stereocenters. The van der Waals surface area contributed by atoms with Crippen molar-refractivity contribution in [3.8, 4) is 11.1 Å². The van der Waals surface area contributed by atoms with Crippen LogP contribution in [0.1, 0.15) is 39.0 Å². The number of carbonyl (C=O) groups is 1. The number of thiazole rings is 1. The van der Waals surface area contributed by atoms with Gasteiger partial charge in [-0.3, -0.25) is 4.79 Å². The molecule has 0 saturated heterocycles. The molecule has 0 unspecified atom stereocenters. The van der Waals surface area contributed by atoms with E-state index in [9.17, 15) is 4.79 Å². The van der Waals surface area contributed by atoms with E-state index in [0.29, 0.717) is 12.5 Å². The van der Waals surface area contributed by atoms with E-state index in [2.05, 4.69) is 29.2 Å². The van der Waals surface area contributed by atoms with E-state index in [0.717, 1.165) is 15.4 Å². The molecule has 126 valence electrons. The van der Waals surface area contributed by atoms with Gasteiger partial charge in [-0.25, -0.2) is 4.98 Å². The molecule has 1 aromatic heterocycles. The predicted octanol–water partition coefficient (Wildman–Crippen LogP) is 4.96. The number of aromatic nitrogens is 1. The Kier molecular flexibility index (Phi) is 4.36. The van der Waals surface area contributed by atoms with Crippen LogP contribution < -0.4 is 0 Å². The molecule has 0 aliphatic heterocycles. The minimum Gasteiger partial charge on any atom is -0.337 e. The summed E-state index contributed by atoms with van der Waals surface area (Å²) in [5, 5.41) is 1.11. The van der Waals surface area contributed by atoms with Crippen molar-refractivity contribution in [3.63, 3.8) is 0 Å². The Balaban J connectivity index is 1.54. The van der Waals surface area contributed by atoms with Crippen molar-refractivity contribution in [2.24, 2.45) is 0 Å². The molecule has 1 aliphatic rings. The SMILES string of the molecule is CN(Cc1ccccc1-c1ccccc1)C(=O)c1cnc(C2CC2)s1. The van der Waals surface area contributed by atoms with Crippen molar-refractivity contribution >= 4 is 17.2 Å². The summed E-state index contributed by atoms with van der Waals surface area (Å²) in [5.74, 6) is 0.642. The third-order valence-corrected chi connectivity index (χ3v) is 5.67. The summed E-state index contributed by atoms with van der Waals surface area (Å²) in [4.78, 5) is 19.7. The smallest absolute Gasteiger partial charge is 0.265 e. The van der Waals surface area contributed by atoms with Gasteiger partial charge < -0.3 is 4.90 Å². The lowest BCUT2D eigenvalue weighted by atomic mass is 9.99. The van der Waals surface area contributed by atoms with Gasteiger partial charge in [-0.2, -0.15) is 0 Å². The molecule has 3 nitrogen and oxygen atoms in total. The zero-order chi connectivity index (χ0) is 17.2. The Hall–Kier alpha value is -2.46. The highest BCUT2D eigenvalue weighted by atomic mass is 32.1. The van der Waals surface area contributed by atoms with Gasteiger partial charge in [0.15, 0.2) is 0 Å². The molecule has 25 heavy (non-hydrogen) atoms. The van der Waals surface area contributed by atoms with Crippen LogP contribution in [-0.4, -0.2) is 22.8 Å². The van der Waals surface area contributed by atoms with Crippen LogP contribution in [0.4, 0.5) is 0 Å². The highest BCUT2D eigenvalue weighted by molar-refractivity contribution is 7.13. The zero-order valence-electron chi connectivity index (χ0n) is 14.2. The lowest BCUT2D eigenvalue weighted by molar-refractivity contribution is 0.0790. The fourth-order valence-corrected chi connectivity index (χ4v) is 4.06. The number of carbonyl (C=O) groups excluding carboxylic acids is 1. The second-order valence-corrected chi connectivity index (χ2v) is 7.58. The number of hydrogen-bond donors (Lipinski definition) is 0. The lowest BCUT2D eigenvalue weighted by Gasteiger charge is -2.18. The van der Waals surface area contributed by atoms with Crippen LogP contribution in [0.25, 0.3) is 11.1 Å². The molecular weight excluding hydrogens is 328 g/mol. The summed E-state index contributed by atoms with van der Waals surface area (Å²) in [7, 11) is 1.86. The maximum absolute atomic E-state index is 12.7. The molecule has 0 bridgehead atoms. The van der Waals surface area contributed by atoms with Gasteiger partial charge in [-0.15, -0.1) is 11.3 Å². The molecule has 0 N–H and O–H groups in total. The van der Waals surface area contributed by atoms with E-state index < -0.39 is 0 Å². The predicted molar refractivity (Wildman–Crippen MR) is 102 cm³/mol. The summed E-state index contributed by atoms with van der Waals surface area (Å²) < 4.78 is 0. The van der Waals surface area contributed by atoms with E-state index in [4.69, 9.17) is 0 Å². The summed E-state index contributed by atoms with van der Waals surface area (Å²) in [6.45, 7) is 0.584. The maximum Gasteiger partial charge on any atom is 0.265 e. The summed E-state index contributed by atoms with van der Waals surface area (Å²) in [6.07, 6.45) is 4.16. The monoisotopic (exact) mass is 348 g/mol. The van der Waals surface area contributed by atoms with Gasteiger partial charge in [0.2, 0.25) is 0 Å². The first kappa shape index (κ1) is 16.0. The first-order valence-electron chi connectivity index (χ1n) is 8.57. The van der Waals surface area contributed by atoms with Gasteiger partial charge in [0.25, 0.3) is 5.91 Å². The number of hydrogen-bond acceptors (Lipinski definition) is 3. The van der Waals surface area contributed by atoms with Gasteiger partial charge in [0, 0.05) is 19.5 Å². The van der Waals surface area contributed by atoms with Gasteiger partial charge >= 0.3 is 0 Å². The fourth-order valence-electron chi connectivity index (χ4n) is 2.98. The molecule has 1 amide bonds. The Labute approximate surface area is 152 Å². The molecule has 1 fully saturated rings. The minimum absolute atomic E-state index is 0.0484. The number of amides is 1. The van der Waals surface area contributed by atoms with Crippen molar-refractivity contribution in [1.82, 2.24) is 9.88 Å². The number of rotatable bonds is 5. The van der Waals surface area contributed by atoms with Gasteiger partial charge in [-0.1, -0.05) is 54.6 Å². The second-order valence-electron chi connectivity index (χ2n) is 6.52. The lowest BCUT2D eigenvalue weighted by Crippen LogP contribution is -2.25. The number of benzene rings is 2. The van der Waals surface area contributed by atoms with Crippen LogP contribution in [0.2, 0.25) is 0 Å². The van der Waals surface area contributed by atoms with Crippen molar-refractivity contribution in [2.75, 3.05) is 7.05 Å². The molecule has 0 radical (unpaired) electrons. The van der Waals surface area contributed by atoms with Crippen LogP contribution in [-0.2, 0) is 6.54 Å². The van der Waals surface area contributed by atoms with Crippen LogP contribution in [0, 0.1) is 0 Å². The molecule has 1 heterocycles. The van der Waals surface area contributed by atoms with Gasteiger partial charge in [-0.05, 0) is 29.5 Å². The van der Waals surface area contributed by atoms with E-state index in [1.807, 2.05) is 37.4 Å². The summed E-state index contributed by atoms with van der Waals surface area (Å²) in [5.41, 5.74) is 3.50. The quantitative estimate of drug-likeness (QED) is 0.653. The molecule has 0 spiro atoms. The van der Waals surface area contributed by atoms with Crippen molar-refractivity contribution in [3.05, 3.63) is 76.2 Å². The first-order chi connectivity index (χ1) is 12.2. The maximum atomic E-state index is 12.7. The van der Waals surface area contributed by atoms with Crippen LogP contribution in [0.15, 0.2) is 60.8 Å². The summed E-state index contributed by atoms with van der Waals surface area (Å²) in [6, 6.07) is 18.6. The van der Waals surface area contributed by atoms with E-state index in [1.165, 1.54) is 24.0 Å². The standard InChI is InChI=1S/C21H20N2OS/c1-23(21(24)19-13-22-20(25-19)16-11-12-16)14-17-9-5-6-10-18(17)15-7-3-2-4-8-15/h2-10,13,16H,11-12,14H2,1H3. The molecule has 4 rings (SSSR count). The molecule has 2 aromatic carbocycles. The molecule has 1 aliphatic carbocycles. The first-order valence-corrected chi connectivity index (χ1v) is 9.38. The van der Waals surface area contributed by atoms with Crippen LogP contribution >= 0.6 is 11.3 Å². The second kappa shape index (κ2) is 6.81. The average Bonchev–Trinajstić information content (AvgIpc) is 3.39. The molecule has 1 saturated carbocycles. The Morgan fingerprint density at radius 2 is 1.84 bits per heavy atom. The Bertz CT molecular complexity index is 884. The topological polar surface area (TPSA) is 33.2 Å². The van der Waals surface area contributed by atoms with E-state index in [1.54, 1.807) is 22.4 Å². The van der Waals surface area contributed by atoms with Crippen molar-refractivity contribution in [1.29, 1.82) is 0 Å². The molecular formula is C21H20N2OS. The molecule has 4 heteroatoms. The third-order valence-electron chi connectivity index (χ3n) is 4.52. The van der Waals surface area contributed by atoms with Gasteiger partial charge in [0.1, 0.15) is 4.88 Å².